The summed E-state index contributed by atoms with van der Waals surface area (Å²) in [7, 11) is 3.60. The van der Waals surface area contributed by atoms with Gasteiger partial charge in [-0.25, -0.2) is 0 Å². The molecule has 2 rings (SSSR count). The van der Waals surface area contributed by atoms with Gasteiger partial charge in [-0.1, -0.05) is 28.1 Å². The van der Waals surface area contributed by atoms with E-state index in [9.17, 15) is 0 Å². The summed E-state index contributed by atoms with van der Waals surface area (Å²) in [6.07, 6.45) is 0. The fourth-order valence-corrected chi connectivity index (χ4v) is 2.89. The van der Waals surface area contributed by atoms with Crippen molar-refractivity contribution in [1.82, 2.24) is 4.37 Å². The summed E-state index contributed by atoms with van der Waals surface area (Å²) in [5, 5.41) is 0.940. The van der Waals surface area contributed by atoms with Crippen LogP contribution in [0.15, 0.2) is 28.7 Å². The molecule has 0 aliphatic rings. The first kappa shape index (κ1) is 13.2. The van der Waals surface area contributed by atoms with Gasteiger partial charge in [-0.05, 0) is 29.2 Å². The minimum absolute atomic E-state index is 0.443. The highest BCUT2D eigenvalue weighted by Crippen LogP contribution is 2.37. The van der Waals surface area contributed by atoms with E-state index in [-0.39, 0.29) is 0 Å². The second-order valence-corrected chi connectivity index (χ2v) is 5.56. The minimum atomic E-state index is 0.443. The van der Waals surface area contributed by atoms with Gasteiger partial charge in [0.2, 0.25) is 0 Å². The number of nitrogens with zero attached hydrogens (tertiary/aromatic N) is 2. The summed E-state index contributed by atoms with van der Waals surface area (Å²) >= 11 is 4.81. The molecule has 0 aliphatic carbocycles. The molecule has 0 radical (unpaired) electrons. The second-order valence-electron chi connectivity index (χ2n) is 3.89. The number of rotatable bonds is 4. The number of nitrogen functional groups attached to an aromatic ring is 1. The standard InChI is InChI=1S/C12H14BrN3OS/c1-16(7-8-4-3-5-9(13)6-8)12-10(17-2)11(14)15-18-12/h3-6H,7H2,1-2H3,(H2,14,15). The Morgan fingerprint density at radius 2 is 2.28 bits per heavy atom. The molecule has 1 aromatic carbocycles. The van der Waals surface area contributed by atoms with E-state index in [0.29, 0.717) is 11.6 Å². The number of ether oxygens (including phenoxy) is 1. The topological polar surface area (TPSA) is 51.4 Å². The molecule has 1 heterocycles. The van der Waals surface area contributed by atoms with Crippen LogP contribution in [0.1, 0.15) is 5.56 Å². The van der Waals surface area contributed by atoms with Crippen molar-refractivity contribution in [3.8, 4) is 5.75 Å². The predicted molar refractivity (Wildman–Crippen MR) is 79.3 cm³/mol. The second kappa shape index (κ2) is 5.58. The lowest BCUT2D eigenvalue weighted by Crippen LogP contribution is -2.15. The van der Waals surface area contributed by atoms with E-state index in [4.69, 9.17) is 10.5 Å². The summed E-state index contributed by atoms with van der Waals surface area (Å²) in [4.78, 5) is 2.08. The van der Waals surface area contributed by atoms with Crippen LogP contribution < -0.4 is 15.4 Å². The van der Waals surface area contributed by atoms with Crippen LogP contribution in [-0.2, 0) is 6.54 Å². The van der Waals surface area contributed by atoms with Crippen molar-refractivity contribution in [2.24, 2.45) is 0 Å². The molecule has 4 nitrogen and oxygen atoms in total. The molecule has 0 unspecified atom stereocenters. The van der Waals surface area contributed by atoms with Gasteiger partial charge >= 0.3 is 0 Å². The van der Waals surface area contributed by atoms with E-state index in [0.717, 1.165) is 16.0 Å². The molecular formula is C12H14BrN3OS. The molecule has 0 saturated heterocycles. The zero-order valence-corrected chi connectivity index (χ0v) is 12.6. The number of anilines is 2. The Morgan fingerprint density at radius 3 is 2.94 bits per heavy atom. The fourth-order valence-electron chi connectivity index (χ4n) is 1.70. The third kappa shape index (κ3) is 2.76. The number of nitrogens with two attached hydrogens (primary N) is 1. The van der Waals surface area contributed by atoms with Crippen molar-refractivity contribution in [2.75, 3.05) is 24.8 Å². The SMILES string of the molecule is COc1c(N)nsc1N(C)Cc1cccc(Br)c1. The number of halogens is 1. The summed E-state index contributed by atoms with van der Waals surface area (Å²) in [6, 6.07) is 8.20. The third-order valence-electron chi connectivity index (χ3n) is 2.52. The molecule has 2 aromatic rings. The molecule has 0 spiro atoms. The van der Waals surface area contributed by atoms with Crippen molar-refractivity contribution in [2.45, 2.75) is 6.54 Å². The van der Waals surface area contributed by atoms with Crippen LogP contribution in [0.2, 0.25) is 0 Å². The van der Waals surface area contributed by atoms with Gasteiger partial charge in [0.05, 0.1) is 7.11 Å². The highest BCUT2D eigenvalue weighted by molar-refractivity contribution is 9.10. The molecule has 0 bridgehead atoms. The summed E-state index contributed by atoms with van der Waals surface area (Å²) < 4.78 is 10.5. The normalized spacial score (nSPS) is 10.4. The van der Waals surface area contributed by atoms with Crippen molar-refractivity contribution in [3.05, 3.63) is 34.3 Å². The Morgan fingerprint density at radius 1 is 1.50 bits per heavy atom. The summed E-state index contributed by atoms with van der Waals surface area (Å²) in [6.45, 7) is 0.775. The van der Waals surface area contributed by atoms with Crippen LogP contribution in [0.25, 0.3) is 0 Å². The number of hydrogen-bond donors (Lipinski definition) is 1. The van der Waals surface area contributed by atoms with Gasteiger partial charge in [0, 0.05) is 18.1 Å². The van der Waals surface area contributed by atoms with Gasteiger partial charge in [0.25, 0.3) is 0 Å². The Bertz CT molecular complexity index is 544. The van der Waals surface area contributed by atoms with Gasteiger partial charge in [-0.3, -0.25) is 0 Å². The zero-order valence-electron chi connectivity index (χ0n) is 10.2. The van der Waals surface area contributed by atoms with E-state index < -0.39 is 0 Å². The molecule has 0 amide bonds. The first-order valence-corrected chi connectivity index (χ1v) is 6.93. The minimum Gasteiger partial charge on any atom is -0.490 e. The van der Waals surface area contributed by atoms with E-state index in [1.165, 1.54) is 17.1 Å². The molecule has 0 aliphatic heterocycles. The molecule has 6 heteroatoms. The predicted octanol–water partition coefficient (Wildman–Crippen LogP) is 3.13. The molecule has 0 fully saturated rings. The number of methoxy groups -OCH3 is 1. The maximum atomic E-state index is 5.75. The lowest BCUT2D eigenvalue weighted by molar-refractivity contribution is 0.418. The molecule has 96 valence electrons. The lowest BCUT2D eigenvalue weighted by Gasteiger charge is -2.18. The smallest absolute Gasteiger partial charge is 0.197 e. The van der Waals surface area contributed by atoms with Crippen molar-refractivity contribution >= 4 is 38.3 Å². The third-order valence-corrected chi connectivity index (χ3v) is 3.97. The Labute approximate surface area is 119 Å². The maximum Gasteiger partial charge on any atom is 0.197 e. The molecule has 2 N–H and O–H groups in total. The molecule has 18 heavy (non-hydrogen) atoms. The number of hydrogen-bond acceptors (Lipinski definition) is 5. The quantitative estimate of drug-likeness (QED) is 0.937. The molecule has 0 atom stereocenters. The van der Waals surface area contributed by atoms with Crippen LogP contribution >= 0.6 is 27.5 Å². The van der Waals surface area contributed by atoms with Gasteiger partial charge in [-0.15, -0.1) is 0 Å². The average molecular weight is 328 g/mol. The summed E-state index contributed by atoms with van der Waals surface area (Å²) in [5.74, 6) is 1.09. The number of aromatic nitrogens is 1. The first-order chi connectivity index (χ1) is 8.61. The van der Waals surface area contributed by atoms with E-state index in [2.05, 4.69) is 37.3 Å². The average Bonchev–Trinajstić information content (AvgIpc) is 2.70. The van der Waals surface area contributed by atoms with E-state index in [1.807, 2.05) is 19.2 Å². The monoisotopic (exact) mass is 327 g/mol. The van der Waals surface area contributed by atoms with Gasteiger partial charge in [0.1, 0.15) is 0 Å². The molecule has 1 aromatic heterocycles. The van der Waals surface area contributed by atoms with Crippen molar-refractivity contribution in [1.29, 1.82) is 0 Å². The largest absolute Gasteiger partial charge is 0.490 e. The summed E-state index contributed by atoms with van der Waals surface area (Å²) in [5.41, 5.74) is 6.96. The fraction of sp³-hybridized carbons (Fsp3) is 0.250. The Balaban J connectivity index is 2.19. The van der Waals surface area contributed by atoms with Crippen LogP contribution in [0.3, 0.4) is 0 Å². The van der Waals surface area contributed by atoms with Gasteiger partial charge in [0.15, 0.2) is 16.6 Å². The number of benzene rings is 1. The molecular weight excluding hydrogens is 314 g/mol. The van der Waals surface area contributed by atoms with Crippen LogP contribution in [0.4, 0.5) is 10.8 Å². The van der Waals surface area contributed by atoms with Gasteiger partial charge < -0.3 is 15.4 Å². The van der Waals surface area contributed by atoms with Crippen LogP contribution in [-0.4, -0.2) is 18.5 Å². The molecule has 0 saturated carbocycles. The first-order valence-electron chi connectivity index (χ1n) is 5.36. The highest BCUT2D eigenvalue weighted by atomic mass is 79.9. The van der Waals surface area contributed by atoms with E-state index in [1.54, 1.807) is 7.11 Å². The van der Waals surface area contributed by atoms with E-state index >= 15 is 0 Å². The zero-order chi connectivity index (χ0) is 13.1. The van der Waals surface area contributed by atoms with Crippen LogP contribution in [0, 0.1) is 0 Å². The Hall–Kier alpha value is -1.27. The van der Waals surface area contributed by atoms with Crippen molar-refractivity contribution in [3.63, 3.8) is 0 Å². The van der Waals surface area contributed by atoms with Crippen molar-refractivity contribution < 1.29 is 4.74 Å². The van der Waals surface area contributed by atoms with Gasteiger partial charge in [-0.2, -0.15) is 4.37 Å². The Kier molecular flexibility index (Phi) is 4.08. The van der Waals surface area contributed by atoms with Crippen LogP contribution in [0.5, 0.6) is 5.75 Å². The lowest BCUT2D eigenvalue weighted by atomic mass is 10.2. The highest BCUT2D eigenvalue weighted by Gasteiger charge is 2.15. The maximum absolute atomic E-state index is 5.75.